The molecule has 3 rings (SSSR count). The van der Waals surface area contributed by atoms with Crippen molar-refractivity contribution in [2.24, 2.45) is 22.7 Å². The number of hydrogen-bond donors (Lipinski definition) is 0. The summed E-state index contributed by atoms with van der Waals surface area (Å²) in [6.45, 7) is 12.0. The van der Waals surface area contributed by atoms with E-state index in [1.165, 1.54) is 44.1 Å². The second kappa shape index (κ2) is 4.75. The fraction of sp³-hybridized carbons (Fsp3) is 0.800. The topological polar surface area (TPSA) is 0 Å². The molecule has 0 saturated heterocycles. The van der Waals surface area contributed by atoms with E-state index in [0.717, 1.165) is 0 Å². The second-order valence-electron chi connectivity index (χ2n) is 8.44. The van der Waals surface area contributed by atoms with Gasteiger partial charge in [-0.3, -0.25) is 0 Å². The first-order chi connectivity index (χ1) is 9.77. The van der Waals surface area contributed by atoms with Crippen molar-refractivity contribution in [2.45, 2.75) is 79.5 Å². The standard InChI is InChI=1S/C20H32/c1-14-7-6-11-20(5)12-10-17-15(2)8-9-16(13-18(14)20)19(17,3)4/h7,16,18H,6,8-13H2,1-5H3/t16-,18+,20-/m0/s1/i13D/t13-,16-,18+,20-. The van der Waals surface area contributed by atoms with Crippen LogP contribution in [0.5, 0.6) is 0 Å². The van der Waals surface area contributed by atoms with E-state index >= 15 is 0 Å². The van der Waals surface area contributed by atoms with Crippen LogP contribution in [-0.4, -0.2) is 0 Å². The minimum atomic E-state index is 0.0740. The van der Waals surface area contributed by atoms with E-state index in [9.17, 15) is 0 Å². The molecule has 4 atom stereocenters. The summed E-state index contributed by atoms with van der Waals surface area (Å²) in [5, 5.41) is 0. The molecule has 0 spiro atoms. The van der Waals surface area contributed by atoms with Crippen LogP contribution in [0, 0.1) is 22.7 Å². The Morgan fingerprint density at radius 2 is 1.90 bits per heavy atom. The first kappa shape index (κ1) is 13.2. The Labute approximate surface area is 127 Å². The van der Waals surface area contributed by atoms with Gasteiger partial charge in [0.05, 0.1) is 0 Å². The highest BCUT2D eigenvalue weighted by Crippen LogP contribution is 2.57. The lowest BCUT2D eigenvalue weighted by molar-refractivity contribution is 0.0802. The fourth-order valence-electron chi connectivity index (χ4n) is 5.30. The lowest BCUT2D eigenvalue weighted by atomic mass is 9.53. The molecular formula is C20H32. The van der Waals surface area contributed by atoms with Crippen molar-refractivity contribution in [3.63, 3.8) is 0 Å². The Kier molecular flexibility index (Phi) is 3.13. The van der Waals surface area contributed by atoms with Crippen LogP contribution in [0.3, 0.4) is 0 Å². The van der Waals surface area contributed by atoms with Gasteiger partial charge in [0.15, 0.2) is 0 Å². The number of allylic oxidation sites excluding steroid dienone is 4. The lowest BCUT2D eigenvalue weighted by Crippen LogP contribution is -2.41. The van der Waals surface area contributed by atoms with Gasteiger partial charge in [0.1, 0.15) is 0 Å². The monoisotopic (exact) mass is 273 g/mol. The van der Waals surface area contributed by atoms with E-state index in [4.69, 9.17) is 1.37 Å². The summed E-state index contributed by atoms with van der Waals surface area (Å²) < 4.78 is 9.13. The van der Waals surface area contributed by atoms with E-state index in [1.807, 2.05) is 0 Å². The van der Waals surface area contributed by atoms with Crippen LogP contribution in [0.25, 0.3) is 0 Å². The zero-order valence-corrected chi connectivity index (χ0v) is 14.1. The Balaban J connectivity index is 2.08. The third kappa shape index (κ3) is 2.11. The fourth-order valence-corrected chi connectivity index (χ4v) is 5.30. The van der Waals surface area contributed by atoms with Crippen LogP contribution < -0.4 is 0 Å². The van der Waals surface area contributed by atoms with E-state index in [2.05, 4.69) is 40.7 Å². The quantitative estimate of drug-likeness (QED) is 0.455. The normalized spacial score (nSPS) is 45.0. The van der Waals surface area contributed by atoms with Crippen molar-refractivity contribution >= 4 is 0 Å². The predicted molar refractivity (Wildman–Crippen MR) is 87.6 cm³/mol. The van der Waals surface area contributed by atoms with Crippen molar-refractivity contribution in [3.05, 3.63) is 22.8 Å². The maximum Gasteiger partial charge on any atom is 0.0276 e. The maximum absolute atomic E-state index is 9.13. The average molecular weight is 273 g/mol. The van der Waals surface area contributed by atoms with Crippen molar-refractivity contribution in [1.82, 2.24) is 0 Å². The van der Waals surface area contributed by atoms with Gasteiger partial charge in [-0.2, -0.15) is 0 Å². The van der Waals surface area contributed by atoms with Crippen molar-refractivity contribution in [2.75, 3.05) is 0 Å². The Hall–Kier alpha value is -0.520. The Bertz CT molecular complexity index is 496. The molecule has 0 heterocycles. The lowest BCUT2D eigenvalue weighted by Gasteiger charge is -2.52. The molecule has 0 aromatic carbocycles. The van der Waals surface area contributed by atoms with Crippen LogP contribution in [0.15, 0.2) is 22.8 Å². The van der Waals surface area contributed by atoms with Crippen LogP contribution in [-0.2, 0) is 0 Å². The summed E-state index contributed by atoms with van der Waals surface area (Å²) >= 11 is 0. The highest BCUT2D eigenvalue weighted by molar-refractivity contribution is 5.27. The Morgan fingerprint density at radius 3 is 2.65 bits per heavy atom. The molecule has 0 aromatic rings. The third-order valence-corrected chi connectivity index (χ3v) is 6.84. The maximum atomic E-state index is 9.13. The molecule has 0 amide bonds. The van der Waals surface area contributed by atoms with Gasteiger partial charge in [0.25, 0.3) is 0 Å². The average Bonchev–Trinajstić information content (AvgIpc) is 2.36. The third-order valence-electron chi connectivity index (χ3n) is 6.84. The minimum Gasteiger partial charge on any atom is -0.0853 e. The van der Waals surface area contributed by atoms with E-state index in [0.29, 0.717) is 17.3 Å². The highest BCUT2D eigenvalue weighted by atomic mass is 14.5. The molecule has 0 unspecified atom stereocenters. The van der Waals surface area contributed by atoms with E-state index in [-0.39, 0.29) is 11.8 Å². The van der Waals surface area contributed by atoms with Crippen molar-refractivity contribution in [1.29, 1.82) is 0 Å². The number of fused-ring (bicyclic) bond motifs is 3. The van der Waals surface area contributed by atoms with Gasteiger partial charge in [0, 0.05) is 1.37 Å². The summed E-state index contributed by atoms with van der Waals surface area (Å²) in [4.78, 5) is 0. The van der Waals surface area contributed by atoms with Crippen LogP contribution in [0.1, 0.15) is 80.9 Å². The number of hydrogen-bond acceptors (Lipinski definition) is 0. The van der Waals surface area contributed by atoms with Gasteiger partial charge >= 0.3 is 0 Å². The molecule has 0 aliphatic heterocycles. The first-order valence-electron chi connectivity index (χ1n) is 9.13. The zero-order chi connectivity index (χ0) is 15.4. The van der Waals surface area contributed by atoms with Gasteiger partial charge < -0.3 is 0 Å². The SMILES string of the molecule is [2H][C@H]1[C@@H]2CCC(C)=C(CC[C@]3(C)CCC=C(C)[C@@H]13)C2(C)C. The molecule has 0 radical (unpaired) electrons. The van der Waals surface area contributed by atoms with Crippen LogP contribution in [0.2, 0.25) is 0 Å². The highest BCUT2D eigenvalue weighted by Gasteiger charge is 2.46. The summed E-state index contributed by atoms with van der Waals surface area (Å²) in [5.41, 5.74) is 5.42. The number of rotatable bonds is 0. The molecule has 20 heavy (non-hydrogen) atoms. The molecule has 0 heteroatoms. The van der Waals surface area contributed by atoms with Gasteiger partial charge in [-0.25, -0.2) is 0 Å². The molecule has 3 aliphatic carbocycles. The largest absolute Gasteiger partial charge is 0.0853 e. The Morgan fingerprint density at radius 1 is 1.15 bits per heavy atom. The van der Waals surface area contributed by atoms with Crippen LogP contribution >= 0.6 is 0 Å². The predicted octanol–water partition coefficient (Wildman–Crippen LogP) is 6.29. The molecule has 2 bridgehead atoms. The summed E-state index contributed by atoms with van der Waals surface area (Å²) in [6.07, 6.45) is 9.99. The molecule has 1 fully saturated rings. The zero-order valence-electron chi connectivity index (χ0n) is 15.1. The van der Waals surface area contributed by atoms with Gasteiger partial charge in [-0.05, 0) is 81.4 Å². The van der Waals surface area contributed by atoms with Crippen LogP contribution in [0.4, 0.5) is 0 Å². The summed E-state index contributed by atoms with van der Waals surface area (Å²) in [7, 11) is 0. The molecule has 3 aliphatic rings. The molecular weight excluding hydrogens is 240 g/mol. The second-order valence-corrected chi connectivity index (χ2v) is 8.44. The van der Waals surface area contributed by atoms with Crippen molar-refractivity contribution in [3.8, 4) is 0 Å². The summed E-state index contributed by atoms with van der Waals surface area (Å²) in [6, 6.07) is 0. The smallest absolute Gasteiger partial charge is 0.0276 e. The molecule has 1 saturated carbocycles. The van der Waals surface area contributed by atoms with E-state index in [1.54, 1.807) is 11.1 Å². The molecule has 0 N–H and O–H groups in total. The van der Waals surface area contributed by atoms with Gasteiger partial charge in [-0.1, -0.05) is 43.6 Å². The van der Waals surface area contributed by atoms with Gasteiger partial charge in [0.2, 0.25) is 0 Å². The molecule has 112 valence electrons. The minimum absolute atomic E-state index is 0.0740. The molecule has 0 aromatic heterocycles. The van der Waals surface area contributed by atoms with Gasteiger partial charge in [-0.15, -0.1) is 0 Å². The summed E-state index contributed by atoms with van der Waals surface area (Å²) in [5.74, 6) is 1.01. The molecule has 0 nitrogen and oxygen atoms in total. The van der Waals surface area contributed by atoms with E-state index < -0.39 is 0 Å². The van der Waals surface area contributed by atoms with Crippen molar-refractivity contribution < 1.29 is 1.37 Å². The first-order valence-corrected chi connectivity index (χ1v) is 8.55.